The van der Waals surface area contributed by atoms with Gasteiger partial charge in [0.25, 0.3) is 5.91 Å². The summed E-state index contributed by atoms with van der Waals surface area (Å²) in [7, 11) is 0. The second kappa shape index (κ2) is 3.78. The lowest BCUT2D eigenvalue weighted by molar-refractivity contribution is 0.0787. The highest BCUT2D eigenvalue weighted by molar-refractivity contribution is 5.92. The molecular weight excluding hydrogens is 176 g/mol. The van der Waals surface area contributed by atoms with Crippen molar-refractivity contribution in [1.29, 1.82) is 0 Å². The van der Waals surface area contributed by atoms with E-state index in [4.69, 9.17) is 0 Å². The van der Waals surface area contributed by atoms with Crippen LogP contribution in [0.5, 0.6) is 0 Å². The highest BCUT2D eigenvalue weighted by atomic mass is 16.2. The Kier molecular flexibility index (Phi) is 2.48. The first-order chi connectivity index (χ1) is 6.77. The van der Waals surface area contributed by atoms with Gasteiger partial charge in [-0.05, 0) is 31.4 Å². The molecule has 0 aromatic carbocycles. The fourth-order valence-corrected chi connectivity index (χ4v) is 1.68. The van der Waals surface area contributed by atoms with Crippen LogP contribution in [-0.4, -0.2) is 28.9 Å². The second-order valence-electron chi connectivity index (χ2n) is 3.72. The molecule has 14 heavy (non-hydrogen) atoms. The zero-order valence-electron chi connectivity index (χ0n) is 8.36. The first-order valence-corrected chi connectivity index (χ1v) is 4.99. The third-order valence-corrected chi connectivity index (χ3v) is 2.52. The van der Waals surface area contributed by atoms with Crippen molar-refractivity contribution < 1.29 is 4.79 Å². The maximum absolute atomic E-state index is 11.8. The molecule has 1 fully saturated rings. The number of hydrogen-bond donors (Lipinski definition) is 0. The Bertz CT molecular complexity index is 326. The highest BCUT2D eigenvalue weighted by Gasteiger charge is 2.19. The Morgan fingerprint density at radius 2 is 2.07 bits per heavy atom. The largest absolute Gasteiger partial charge is 0.337 e. The van der Waals surface area contributed by atoms with Crippen molar-refractivity contribution in [2.24, 2.45) is 0 Å². The molecular formula is C11H14N2O. The molecule has 3 nitrogen and oxygen atoms in total. The van der Waals surface area contributed by atoms with Crippen molar-refractivity contribution in [3.8, 4) is 0 Å². The van der Waals surface area contributed by atoms with Crippen LogP contribution in [0.25, 0.3) is 0 Å². The van der Waals surface area contributed by atoms with Crippen molar-refractivity contribution in [2.75, 3.05) is 13.1 Å². The summed E-state index contributed by atoms with van der Waals surface area (Å²) in [6, 6.07) is 3.73. The predicted molar refractivity (Wildman–Crippen MR) is 54.1 cm³/mol. The molecule has 1 amide bonds. The summed E-state index contributed by atoms with van der Waals surface area (Å²) in [5.74, 6) is 0.0718. The van der Waals surface area contributed by atoms with E-state index in [1.165, 1.54) is 0 Å². The summed E-state index contributed by atoms with van der Waals surface area (Å²) in [5, 5.41) is 0. The van der Waals surface area contributed by atoms with E-state index in [1.54, 1.807) is 12.3 Å². The van der Waals surface area contributed by atoms with Gasteiger partial charge < -0.3 is 4.90 Å². The highest BCUT2D eigenvalue weighted by Crippen LogP contribution is 2.11. The number of aromatic nitrogens is 1. The predicted octanol–water partition coefficient (Wildman–Crippen LogP) is 1.63. The summed E-state index contributed by atoms with van der Waals surface area (Å²) in [4.78, 5) is 17.8. The molecule has 0 radical (unpaired) electrons. The van der Waals surface area contributed by atoms with Crippen molar-refractivity contribution in [3.63, 3.8) is 0 Å². The SMILES string of the molecule is Cc1ccc(C(=O)N2CCCC2)nc1. The Morgan fingerprint density at radius 3 is 2.64 bits per heavy atom. The number of carbonyl (C=O) groups is 1. The van der Waals surface area contributed by atoms with Crippen LogP contribution in [0.15, 0.2) is 18.3 Å². The van der Waals surface area contributed by atoms with E-state index in [0.717, 1.165) is 31.5 Å². The quantitative estimate of drug-likeness (QED) is 0.674. The molecule has 74 valence electrons. The molecule has 1 aliphatic heterocycles. The number of amides is 1. The van der Waals surface area contributed by atoms with Gasteiger partial charge in [-0.2, -0.15) is 0 Å². The Morgan fingerprint density at radius 1 is 1.36 bits per heavy atom. The molecule has 1 saturated heterocycles. The van der Waals surface area contributed by atoms with Gasteiger partial charge in [0.05, 0.1) is 0 Å². The minimum Gasteiger partial charge on any atom is -0.337 e. The summed E-state index contributed by atoms with van der Waals surface area (Å²) in [6.07, 6.45) is 3.98. The minimum atomic E-state index is 0.0718. The molecule has 0 aliphatic carbocycles. The molecule has 3 heteroatoms. The van der Waals surface area contributed by atoms with Gasteiger partial charge in [0.2, 0.25) is 0 Å². The fourth-order valence-electron chi connectivity index (χ4n) is 1.68. The molecule has 0 unspecified atom stereocenters. The smallest absolute Gasteiger partial charge is 0.272 e. The van der Waals surface area contributed by atoms with Crippen LogP contribution >= 0.6 is 0 Å². The Labute approximate surface area is 83.8 Å². The number of nitrogens with zero attached hydrogens (tertiary/aromatic N) is 2. The molecule has 2 rings (SSSR count). The molecule has 0 N–H and O–H groups in total. The normalized spacial score (nSPS) is 15.9. The summed E-state index contributed by atoms with van der Waals surface area (Å²) < 4.78 is 0. The molecule has 0 atom stereocenters. The van der Waals surface area contributed by atoms with E-state index in [-0.39, 0.29) is 5.91 Å². The number of hydrogen-bond acceptors (Lipinski definition) is 2. The molecule has 1 aromatic rings. The maximum atomic E-state index is 11.8. The maximum Gasteiger partial charge on any atom is 0.272 e. The van der Waals surface area contributed by atoms with Crippen LogP contribution in [0.2, 0.25) is 0 Å². The lowest BCUT2D eigenvalue weighted by atomic mass is 10.2. The van der Waals surface area contributed by atoms with E-state index in [0.29, 0.717) is 5.69 Å². The van der Waals surface area contributed by atoms with Crippen molar-refractivity contribution in [2.45, 2.75) is 19.8 Å². The van der Waals surface area contributed by atoms with Crippen LogP contribution in [0, 0.1) is 6.92 Å². The summed E-state index contributed by atoms with van der Waals surface area (Å²) in [5.41, 5.74) is 1.65. The van der Waals surface area contributed by atoms with Crippen LogP contribution < -0.4 is 0 Å². The third-order valence-electron chi connectivity index (χ3n) is 2.52. The van der Waals surface area contributed by atoms with Gasteiger partial charge in [0, 0.05) is 19.3 Å². The van der Waals surface area contributed by atoms with Crippen molar-refractivity contribution >= 4 is 5.91 Å². The van der Waals surface area contributed by atoms with Crippen molar-refractivity contribution in [1.82, 2.24) is 9.88 Å². The topological polar surface area (TPSA) is 33.2 Å². The minimum absolute atomic E-state index is 0.0718. The van der Waals surface area contributed by atoms with E-state index in [2.05, 4.69) is 4.98 Å². The number of aryl methyl sites for hydroxylation is 1. The van der Waals surface area contributed by atoms with Gasteiger partial charge in [-0.3, -0.25) is 9.78 Å². The molecule has 2 heterocycles. The van der Waals surface area contributed by atoms with Gasteiger partial charge >= 0.3 is 0 Å². The van der Waals surface area contributed by atoms with Gasteiger partial charge in [-0.1, -0.05) is 6.07 Å². The zero-order valence-corrected chi connectivity index (χ0v) is 8.36. The number of carbonyl (C=O) groups excluding carboxylic acids is 1. The van der Waals surface area contributed by atoms with Crippen LogP contribution in [-0.2, 0) is 0 Å². The molecule has 1 aromatic heterocycles. The second-order valence-corrected chi connectivity index (χ2v) is 3.72. The molecule has 0 bridgehead atoms. The molecule has 0 saturated carbocycles. The van der Waals surface area contributed by atoms with E-state index in [1.807, 2.05) is 17.9 Å². The average molecular weight is 190 g/mol. The van der Waals surface area contributed by atoms with E-state index >= 15 is 0 Å². The molecule has 0 spiro atoms. The Balaban J connectivity index is 2.14. The van der Waals surface area contributed by atoms with E-state index < -0.39 is 0 Å². The monoisotopic (exact) mass is 190 g/mol. The Hall–Kier alpha value is -1.38. The summed E-state index contributed by atoms with van der Waals surface area (Å²) >= 11 is 0. The first-order valence-electron chi connectivity index (χ1n) is 4.99. The van der Waals surface area contributed by atoms with Gasteiger partial charge in [0.15, 0.2) is 0 Å². The standard InChI is InChI=1S/C11H14N2O/c1-9-4-5-10(12-8-9)11(14)13-6-2-3-7-13/h4-5,8H,2-3,6-7H2,1H3. The van der Waals surface area contributed by atoms with Crippen LogP contribution in [0.1, 0.15) is 28.9 Å². The number of likely N-dealkylation sites (tertiary alicyclic amines) is 1. The van der Waals surface area contributed by atoms with Crippen LogP contribution in [0.3, 0.4) is 0 Å². The van der Waals surface area contributed by atoms with Crippen molar-refractivity contribution in [3.05, 3.63) is 29.6 Å². The lowest BCUT2D eigenvalue weighted by Gasteiger charge is -2.14. The van der Waals surface area contributed by atoms with Gasteiger partial charge in [-0.25, -0.2) is 0 Å². The first kappa shape index (κ1) is 9.19. The fraction of sp³-hybridized carbons (Fsp3) is 0.455. The number of pyridine rings is 1. The lowest BCUT2D eigenvalue weighted by Crippen LogP contribution is -2.28. The van der Waals surface area contributed by atoms with Crippen LogP contribution in [0.4, 0.5) is 0 Å². The summed E-state index contributed by atoms with van der Waals surface area (Å²) in [6.45, 7) is 3.74. The van der Waals surface area contributed by atoms with Gasteiger partial charge in [-0.15, -0.1) is 0 Å². The third kappa shape index (κ3) is 1.76. The van der Waals surface area contributed by atoms with Gasteiger partial charge in [0.1, 0.15) is 5.69 Å². The average Bonchev–Trinajstić information content (AvgIpc) is 2.71. The number of rotatable bonds is 1. The zero-order chi connectivity index (χ0) is 9.97. The van der Waals surface area contributed by atoms with E-state index in [9.17, 15) is 4.79 Å². The molecule has 1 aliphatic rings.